The molecule has 1 radical (unpaired) electrons. The van der Waals surface area contributed by atoms with Crippen molar-refractivity contribution >= 4 is 59.9 Å². The molecule has 0 aliphatic rings. The van der Waals surface area contributed by atoms with Crippen molar-refractivity contribution in [2.24, 2.45) is 0 Å². The normalized spacial score (nSPS) is 11.9. The Labute approximate surface area is 352 Å². The molecule has 0 atom stereocenters. The van der Waals surface area contributed by atoms with E-state index in [2.05, 4.69) is 169 Å². The zero-order valence-electron chi connectivity index (χ0n) is 33.6. The minimum Gasteiger partial charge on any atom is -0.305 e. The van der Waals surface area contributed by atoms with Crippen molar-refractivity contribution in [1.82, 2.24) is 9.97 Å². The molecule has 9 aromatic rings. The number of hydrogen-bond donors (Lipinski definition) is 0. The molecule has 0 saturated carbocycles. The third-order valence-corrected chi connectivity index (χ3v) is 15.9. The summed E-state index contributed by atoms with van der Waals surface area (Å²) >= 11 is -0.0635. The van der Waals surface area contributed by atoms with Crippen LogP contribution < -0.4 is 4.40 Å². The molecule has 0 amide bonds. The summed E-state index contributed by atoms with van der Waals surface area (Å²) in [7, 11) is 0. The van der Waals surface area contributed by atoms with Crippen molar-refractivity contribution in [3.8, 4) is 44.8 Å². The smallest absolute Gasteiger partial charge is 0.0347 e. The largest absolute Gasteiger partial charge is 0.305 e. The number of rotatable bonds is 6. The fourth-order valence-corrected chi connectivity index (χ4v) is 12.2. The molecule has 9 rings (SSSR count). The van der Waals surface area contributed by atoms with Crippen molar-refractivity contribution in [1.29, 1.82) is 0 Å². The molecule has 0 unspecified atom stereocenters. The Morgan fingerprint density at radius 2 is 1.25 bits per heavy atom. The van der Waals surface area contributed by atoms with E-state index in [-0.39, 0.29) is 20.1 Å². The molecule has 6 aromatic carbocycles. The van der Waals surface area contributed by atoms with Crippen LogP contribution in [0, 0.1) is 19.1 Å². The number of aryl methyl sites for hydroxylation is 1. The minimum atomic E-state index is -1.82. The van der Waals surface area contributed by atoms with Gasteiger partial charge in [-0.05, 0) is 61.6 Å². The van der Waals surface area contributed by atoms with E-state index in [1.54, 1.807) is 11.3 Å². The Morgan fingerprint density at radius 1 is 0.625 bits per heavy atom. The van der Waals surface area contributed by atoms with Gasteiger partial charge >= 0.3 is 129 Å². The predicted molar refractivity (Wildman–Crippen MR) is 240 cm³/mol. The van der Waals surface area contributed by atoms with Crippen LogP contribution in [-0.2, 0) is 20.1 Å². The van der Waals surface area contributed by atoms with Crippen LogP contribution in [-0.4, -0.2) is 23.2 Å². The molecule has 0 fully saturated rings. The summed E-state index contributed by atoms with van der Waals surface area (Å²) < 4.78 is 12.7. The Hall–Kier alpha value is -4.71. The Kier molecular flexibility index (Phi) is 11.5. The molecule has 0 saturated heterocycles. The van der Waals surface area contributed by atoms with Crippen molar-refractivity contribution in [2.75, 3.05) is 0 Å². The van der Waals surface area contributed by atoms with E-state index >= 15 is 0 Å². The van der Waals surface area contributed by atoms with E-state index in [4.69, 9.17) is 6.35 Å². The SMILES string of the molecule is Cc1cc(-c2[c-]cc3ccccc3c2)nc[c]1[Ge]([CH3])([CH3])[CH3].[2H]C(C)(C)c1cc(-c2ccccc2)cc2c1sc1cc(-c3cc(-c4ccccc4)ccn3)[c-]cc12.[Ir]. The quantitative estimate of drug-likeness (QED) is 0.123. The summed E-state index contributed by atoms with van der Waals surface area (Å²) in [5, 5.41) is 4.83. The first-order valence-electron chi connectivity index (χ1n) is 19.3. The summed E-state index contributed by atoms with van der Waals surface area (Å²) in [4.78, 5) is 9.35. The minimum absolute atomic E-state index is 0. The Bertz CT molecular complexity index is 2840. The second-order valence-corrected chi connectivity index (χ2v) is 27.0. The van der Waals surface area contributed by atoms with E-state index in [0.717, 1.165) is 39.2 Å². The summed E-state index contributed by atoms with van der Waals surface area (Å²) in [6.45, 7) is 6.15. The van der Waals surface area contributed by atoms with Crippen LogP contribution in [0.25, 0.3) is 75.7 Å². The summed E-state index contributed by atoms with van der Waals surface area (Å²) in [6.07, 6.45) is 3.96. The third kappa shape index (κ3) is 8.36. The monoisotopic (exact) mass is 984 g/mol. The van der Waals surface area contributed by atoms with Gasteiger partial charge in [0.25, 0.3) is 0 Å². The molecule has 3 heterocycles. The maximum absolute atomic E-state index is 8.86. The molecule has 0 bridgehead atoms. The Balaban J connectivity index is 0.000000193. The molecule has 0 aliphatic heterocycles. The summed E-state index contributed by atoms with van der Waals surface area (Å²) in [5.74, 6) is 6.52. The second-order valence-electron chi connectivity index (χ2n) is 15.4. The van der Waals surface area contributed by atoms with Crippen LogP contribution in [0.2, 0.25) is 17.3 Å². The topological polar surface area (TPSA) is 25.8 Å². The predicted octanol–water partition coefficient (Wildman–Crippen LogP) is 13.9. The Morgan fingerprint density at radius 3 is 1.93 bits per heavy atom. The number of benzene rings is 6. The van der Waals surface area contributed by atoms with Crippen LogP contribution >= 0.6 is 11.3 Å². The summed E-state index contributed by atoms with van der Waals surface area (Å²) in [5.41, 5.74) is 11.1. The first-order chi connectivity index (χ1) is 26.9. The molecular weight excluding hydrogens is 937 g/mol. The fourth-order valence-electron chi connectivity index (χ4n) is 7.28. The number of nitrogens with zero attached hydrogens (tertiary/aromatic N) is 2. The molecular formula is C51H44GeIrN2S-2. The van der Waals surface area contributed by atoms with Gasteiger partial charge in [-0.1, -0.05) is 92.0 Å². The molecule has 56 heavy (non-hydrogen) atoms. The van der Waals surface area contributed by atoms with Gasteiger partial charge in [0.15, 0.2) is 0 Å². The van der Waals surface area contributed by atoms with Gasteiger partial charge in [-0.15, -0.1) is 23.8 Å². The van der Waals surface area contributed by atoms with E-state index in [9.17, 15) is 0 Å². The van der Waals surface area contributed by atoms with Gasteiger partial charge in [0, 0.05) is 32.4 Å². The average molecular weight is 983 g/mol. The first kappa shape index (κ1) is 38.2. The van der Waals surface area contributed by atoms with E-state index < -0.39 is 19.2 Å². The molecule has 279 valence electrons. The molecule has 2 nitrogen and oxygen atoms in total. The van der Waals surface area contributed by atoms with Gasteiger partial charge < -0.3 is 4.98 Å². The van der Waals surface area contributed by atoms with Crippen LogP contribution in [0.5, 0.6) is 0 Å². The molecule has 5 heteroatoms. The van der Waals surface area contributed by atoms with Gasteiger partial charge in [0.1, 0.15) is 0 Å². The number of hydrogen-bond acceptors (Lipinski definition) is 3. The fraction of sp³-hybridized carbons (Fsp3) is 0.137. The van der Waals surface area contributed by atoms with Crippen LogP contribution in [0.15, 0.2) is 152 Å². The van der Waals surface area contributed by atoms with Crippen LogP contribution in [0.4, 0.5) is 0 Å². The molecule has 0 spiro atoms. The standard InChI is InChI=1S/C32H24NS.C19H20GeN.Ir/c1-21(2)28-17-26(23-11-7-4-8-12-23)18-29-27-14-13-25(20-31(27)34-32(28)29)30-19-24(15-16-33-30)22-9-5-3-6-10-22;1-14-11-19(21-13-18(14)20(2,3)4)17-10-9-15-7-5-6-8-16(15)12-17;/h3-12,14-21H,1-2H3;5-9,11-13H,1-4H3;/q2*-1;/i21D;;. The van der Waals surface area contributed by atoms with Gasteiger partial charge in [0.05, 0.1) is 0 Å². The average Bonchev–Trinajstić information content (AvgIpc) is 3.58. The third-order valence-electron chi connectivity index (χ3n) is 10.2. The van der Waals surface area contributed by atoms with Gasteiger partial charge in [0.2, 0.25) is 0 Å². The van der Waals surface area contributed by atoms with Crippen molar-refractivity contribution in [3.63, 3.8) is 0 Å². The van der Waals surface area contributed by atoms with Gasteiger partial charge in [-0.3, -0.25) is 0 Å². The van der Waals surface area contributed by atoms with E-state index in [1.165, 1.54) is 52.0 Å². The maximum Gasteiger partial charge on any atom is 0.0347 e. The maximum atomic E-state index is 8.86. The van der Waals surface area contributed by atoms with E-state index in [1.807, 2.05) is 38.2 Å². The van der Waals surface area contributed by atoms with Crippen LogP contribution in [0.1, 0.15) is 32.2 Å². The van der Waals surface area contributed by atoms with E-state index in [0.29, 0.717) is 0 Å². The number of fused-ring (bicyclic) bond motifs is 4. The molecule has 0 N–H and O–H groups in total. The van der Waals surface area contributed by atoms with Crippen molar-refractivity contribution in [2.45, 2.75) is 43.9 Å². The first-order valence-corrected chi connectivity index (χ1v) is 27.0. The second kappa shape index (κ2) is 16.8. The zero-order valence-corrected chi connectivity index (χ0v) is 37.9. The number of pyridine rings is 2. The zero-order chi connectivity index (χ0) is 39.0. The van der Waals surface area contributed by atoms with Crippen molar-refractivity contribution < 1.29 is 21.5 Å². The molecule has 3 aromatic heterocycles. The van der Waals surface area contributed by atoms with Gasteiger partial charge in [-0.25, -0.2) is 0 Å². The molecule has 0 aliphatic carbocycles. The van der Waals surface area contributed by atoms with Gasteiger partial charge in [-0.2, -0.15) is 11.3 Å². The number of aromatic nitrogens is 2. The van der Waals surface area contributed by atoms with Crippen molar-refractivity contribution in [3.05, 3.63) is 175 Å². The summed E-state index contributed by atoms with van der Waals surface area (Å²) in [6, 6.07) is 55.4. The van der Waals surface area contributed by atoms with Crippen LogP contribution in [0.3, 0.4) is 0 Å². The number of thiophene rings is 1.